The van der Waals surface area contributed by atoms with E-state index in [1.54, 1.807) is 18.5 Å². The quantitative estimate of drug-likeness (QED) is 0.670. The van der Waals surface area contributed by atoms with Gasteiger partial charge < -0.3 is 9.72 Å². The van der Waals surface area contributed by atoms with Gasteiger partial charge in [0.25, 0.3) is 0 Å². The van der Waals surface area contributed by atoms with E-state index < -0.39 is 0 Å². The van der Waals surface area contributed by atoms with Gasteiger partial charge in [-0.1, -0.05) is 0 Å². The number of carbonyl (C=O) groups is 1. The molecule has 0 amide bonds. The number of ether oxygens (including phenoxy) is 1. The molecule has 1 N–H and O–H groups in total. The second-order valence-electron chi connectivity index (χ2n) is 3.02. The molecule has 12 heavy (non-hydrogen) atoms. The highest BCUT2D eigenvalue weighted by Gasteiger charge is 2.24. The Morgan fingerprint density at radius 2 is 2.58 bits per heavy atom. The lowest BCUT2D eigenvalue weighted by molar-refractivity contribution is 0.0900. The standard InChI is InChI=1S/C9H11NO2/c11-9(7-1-3-10-5-7)8-2-4-12-6-8/h1,3,5,8,10H,2,4,6H2. The molecule has 1 aliphatic rings. The molecule has 0 saturated carbocycles. The fraction of sp³-hybridized carbons (Fsp3) is 0.444. The van der Waals surface area contributed by atoms with Crippen molar-refractivity contribution < 1.29 is 9.53 Å². The van der Waals surface area contributed by atoms with Crippen LogP contribution in [0.15, 0.2) is 18.5 Å². The molecular weight excluding hydrogens is 154 g/mol. The monoisotopic (exact) mass is 165 g/mol. The molecule has 0 radical (unpaired) electrons. The lowest BCUT2D eigenvalue weighted by atomic mass is 9.99. The van der Waals surface area contributed by atoms with Crippen LogP contribution in [0.2, 0.25) is 0 Å². The number of hydrogen-bond donors (Lipinski definition) is 1. The molecule has 0 bridgehead atoms. The van der Waals surface area contributed by atoms with E-state index in [0.29, 0.717) is 6.61 Å². The van der Waals surface area contributed by atoms with Gasteiger partial charge >= 0.3 is 0 Å². The average molecular weight is 165 g/mol. The molecule has 1 aromatic rings. The van der Waals surface area contributed by atoms with Crippen LogP contribution in [-0.4, -0.2) is 24.0 Å². The largest absolute Gasteiger partial charge is 0.381 e. The minimum Gasteiger partial charge on any atom is -0.381 e. The van der Waals surface area contributed by atoms with Gasteiger partial charge in [-0.3, -0.25) is 4.79 Å². The Morgan fingerprint density at radius 1 is 1.67 bits per heavy atom. The van der Waals surface area contributed by atoms with Crippen LogP contribution in [0.25, 0.3) is 0 Å². The molecule has 1 fully saturated rings. The van der Waals surface area contributed by atoms with Gasteiger partial charge in [0.2, 0.25) is 0 Å². The van der Waals surface area contributed by atoms with Crippen molar-refractivity contribution in [3.8, 4) is 0 Å². The van der Waals surface area contributed by atoms with Gasteiger partial charge in [0.05, 0.1) is 6.61 Å². The zero-order chi connectivity index (χ0) is 8.39. The Labute approximate surface area is 70.7 Å². The number of hydrogen-bond acceptors (Lipinski definition) is 2. The number of H-pyrrole nitrogens is 1. The highest BCUT2D eigenvalue weighted by atomic mass is 16.5. The molecule has 1 saturated heterocycles. The van der Waals surface area contributed by atoms with Crippen LogP contribution in [0.4, 0.5) is 0 Å². The van der Waals surface area contributed by atoms with E-state index in [-0.39, 0.29) is 11.7 Å². The summed E-state index contributed by atoms with van der Waals surface area (Å²) in [6.45, 7) is 1.31. The third-order valence-electron chi connectivity index (χ3n) is 2.18. The van der Waals surface area contributed by atoms with Gasteiger partial charge in [-0.05, 0) is 12.5 Å². The topological polar surface area (TPSA) is 42.1 Å². The molecule has 64 valence electrons. The molecule has 1 aromatic heterocycles. The van der Waals surface area contributed by atoms with Crippen LogP contribution in [0.3, 0.4) is 0 Å². The third-order valence-corrected chi connectivity index (χ3v) is 2.18. The number of aromatic nitrogens is 1. The number of carbonyl (C=O) groups excluding carboxylic acids is 1. The highest BCUT2D eigenvalue weighted by molar-refractivity contribution is 5.97. The minimum atomic E-state index is 0.0841. The van der Waals surface area contributed by atoms with Gasteiger partial charge in [-0.2, -0.15) is 0 Å². The van der Waals surface area contributed by atoms with Crippen molar-refractivity contribution in [2.45, 2.75) is 6.42 Å². The zero-order valence-electron chi connectivity index (χ0n) is 6.75. The van der Waals surface area contributed by atoms with Gasteiger partial charge in [0.15, 0.2) is 5.78 Å². The van der Waals surface area contributed by atoms with Crippen molar-refractivity contribution in [1.29, 1.82) is 0 Å². The van der Waals surface area contributed by atoms with E-state index in [4.69, 9.17) is 4.74 Å². The molecule has 0 aromatic carbocycles. The summed E-state index contributed by atoms with van der Waals surface area (Å²) in [5, 5.41) is 0. The maximum atomic E-state index is 11.6. The lowest BCUT2D eigenvalue weighted by Crippen LogP contribution is -2.13. The molecule has 0 spiro atoms. The molecule has 0 aliphatic carbocycles. The maximum absolute atomic E-state index is 11.6. The first-order chi connectivity index (χ1) is 5.88. The van der Waals surface area contributed by atoms with Crippen molar-refractivity contribution >= 4 is 5.78 Å². The summed E-state index contributed by atoms with van der Waals surface area (Å²) in [6, 6.07) is 1.81. The zero-order valence-corrected chi connectivity index (χ0v) is 6.75. The molecule has 3 nitrogen and oxygen atoms in total. The highest BCUT2D eigenvalue weighted by Crippen LogP contribution is 2.17. The number of nitrogens with one attached hydrogen (secondary N) is 1. The van der Waals surface area contributed by atoms with Crippen LogP contribution >= 0.6 is 0 Å². The van der Waals surface area contributed by atoms with Crippen LogP contribution in [-0.2, 0) is 4.74 Å². The Morgan fingerprint density at radius 3 is 3.17 bits per heavy atom. The Balaban J connectivity index is 2.09. The Hall–Kier alpha value is -1.09. The van der Waals surface area contributed by atoms with Crippen molar-refractivity contribution in [3.63, 3.8) is 0 Å². The van der Waals surface area contributed by atoms with Crippen molar-refractivity contribution in [1.82, 2.24) is 4.98 Å². The minimum absolute atomic E-state index is 0.0841. The van der Waals surface area contributed by atoms with Gasteiger partial charge in [0, 0.05) is 30.5 Å². The molecule has 1 unspecified atom stereocenters. The molecule has 1 aliphatic heterocycles. The summed E-state index contributed by atoms with van der Waals surface area (Å²) in [4.78, 5) is 14.5. The second kappa shape index (κ2) is 3.11. The fourth-order valence-corrected chi connectivity index (χ4v) is 1.45. The molecule has 2 heterocycles. The van der Waals surface area contributed by atoms with Crippen molar-refractivity contribution in [2.24, 2.45) is 5.92 Å². The van der Waals surface area contributed by atoms with Crippen molar-refractivity contribution in [2.75, 3.05) is 13.2 Å². The van der Waals surface area contributed by atoms with Gasteiger partial charge in [-0.25, -0.2) is 0 Å². The van der Waals surface area contributed by atoms with Crippen LogP contribution < -0.4 is 0 Å². The Kier molecular flexibility index (Phi) is 1.96. The fourth-order valence-electron chi connectivity index (χ4n) is 1.45. The summed E-state index contributed by atoms with van der Waals surface area (Å²) >= 11 is 0. The molecular formula is C9H11NO2. The summed E-state index contributed by atoms with van der Waals surface area (Å²) in [7, 11) is 0. The molecule has 3 heteroatoms. The third kappa shape index (κ3) is 1.28. The first kappa shape index (κ1) is 7.55. The van der Waals surface area contributed by atoms with Gasteiger partial charge in [0.1, 0.15) is 0 Å². The van der Waals surface area contributed by atoms with E-state index in [1.165, 1.54) is 0 Å². The smallest absolute Gasteiger partial charge is 0.169 e. The number of rotatable bonds is 2. The van der Waals surface area contributed by atoms with E-state index in [2.05, 4.69) is 4.98 Å². The van der Waals surface area contributed by atoms with E-state index in [0.717, 1.165) is 18.6 Å². The normalized spacial score (nSPS) is 22.8. The van der Waals surface area contributed by atoms with E-state index in [1.807, 2.05) is 0 Å². The predicted molar refractivity (Wildman–Crippen MR) is 44.0 cm³/mol. The summed E-state index contributed by atoms with van der Waals surface area (Å²) < 4.78 is 5.15. The maximum Gasteiger partial charge on any atom is 0.169 e. The van der Waals surface area contributed by atoms with Crippen LogP contribution in [0, 0.1) is 5.92 Å². The molecule has 1 atom stereocenters. The predicted octanol–water partition coefficient (Wildman–Crippen LogP) is 1.23. The lowest BCUT2D eigenvalue weighted by Gasteiger charge is -2.02. The number of Topliss-reactive ketones (excluding diaryl/α,β-unsaturated/α-hetero) is 1. The molecule has 2 rings (SSSR count). The van der Waals surface area contributed by atoms with E-state index in [9.17, 15) is 4.79 Å². The Bertz CT molecular complexity index is 260. The second-order valence-corrected chi connectivity index (χ2v) is 3.02. The van der Waals surface area contributed by atoms with E-state index >= 15 is 0 Å². The van der Waals surface area contributed by atoms with Gasteiger partial charge in [-0.15, -0.1) is 0 Å². The summed E-state index contributed by atoms with van der Waals surface area (Å²) in [6.07, 6.45) is 4.37. The average Bonchev–Trinajstić information content (AvgIpc) is 2.77. The van der Waals surface area contributed by atoms with Crippen LogP contribution in [0.1, 0.15) is 16.8 Å². The first-order valence-corrected chi connectivity index (χ1v) is 4.12. The first-order valence-electron chi connectivity index (χ1n) is 4.12. The summed E-state index contributed by atoms with van der Waals surface area (Å²) in [5.41, 5.74) is 0.769. The number of ketones is 1. The van der Waals surface area contributed by atoms with Crippen molar-refractivity contribution in [3.05, 3.63) is 24.0 Å². The van der Waals surface area contributed by atoms with Crippen LogP contribution in [0.5, 0.6) is 0 Å². The summed E-state index contributed by atoms with van der Waals surface area (Å²) in [5.74, 6) is 0.287. The number of aromatic amines is 1. The SMILES string of the molecule is O=C(c1cc[nH]c1)C1CCOC1.